The lowest BCUT2D eigenvalue weighted by atomic mass is 10.1. The topological polar surface area (TPSA) is 139 Å². The Kier molecular flexibility index (Phi) is 6.15. The van der Waals surface area contributed by atoms with E-state index in [1.54, 1.807) is 31.2 Å². The molecule has 0 aromatic heterocycles. The highest BCUT2D eigenvalue weighted by Crippen LogP contribution is 2.15. The molecule has 0 saturated heterocycles. The van der Waals surface area contributed by atoms with Crippen LogP contribution in [0.4, 0.5) is 10.5 Å². The number of rotatable bonds is 6. The Morgan fingerprint density at radius 1 is 1.14 bits per heavy atom. The molecule has 1 aromatic carbocycles. The molecule has 0 spiro atoms. The number of hydrogen-bond donors (Lipinski definition) is 5. The molecule has 0 fully saturated rings. The zero-order valence-corrected chi connectivity index (χ0v) is 11.7. The largest absolute Gasteiger partial charge is 0.351 e. The van der Waals surface area contributed by atoms with Gasteiger partial charge in [-0.3, -0.25) is 9.59 Å². The number of benzene rings is 1. The highest BCUT2D eigenvalue weighted by atomic mass is 16.2. The van der Waals surface area contributed by atoms with Gasteiger partial charge in [-0.2, -0.15) is 0 Å². The fourth-order valence-electron chi connectivity index (χ4n) is 1.62. The van der Waals surface area contributed by atoms with Crippen molar-refractivity contribution in [1.82, 2.24) is 10.6 Å². The summed E-state index contributed by atoms with van der Waals surface area (Å²) in [7, 11) is 0. The first-order valence-electron chi connectivity index (χ1n) is 6.35. The first-order valence-corrected chi connectivity index (χ1v) is 6.35. The minimum absolute atomic E-state index is 0.123. The van der Waals surface area contributed by atoms with Crippen molar-refractivity contribution in [2.75, 3.05) is 18.4 Å². The van der Waals surface area contributed by atoms with E-state index < -0.39 is 6.03 Å². The molecule has 8 heteroatoms. The van der Waals surface area contributed by atoms with Crippen LogP contribution in [-0.2, 0) is 9.59 Å². The van der Waals surface area contributed by atoms with Gasteiger partial charge in [0, 0.05) is 5.69 Å². The van der Waals surface area contributed by atoms with Crippen LogP contribution in [0.1, 0.15) is 18.5 Å². The molecule has 1 atom stereocenters. The van der Waals surface area contributed by atoms with E-state index >= 15 is 0 Å². The maximum atomic E-state index is 11.6. The standard InChI is InChI=1S/C13H19N5O3/c1-8(17-12(20)7-16-11(19)6-14)9-2-4-10(5-3-9)18-13(15)21/h2-5,8H,6-7,14H2,1H3,(H,16,19)(H,17,20)(H3,15,18,21). The summed E-state index contributed by atoms with van der Waals surface area (Å²) in [5.41, 5.74) is 11.5. The molecule has 0 aliphatic rings. The molecule has 1 unspecified atom stereocenters. The molecule has 0 aliphatic heterocycles. The Labute approximate surface area is 122 Å². The van der Waals surface area contributed by atoms with Gasteiger partial charge in [0.25, 0.3) is 0 Å². The van der Waals surface area contributed by atoms with Gasteiger partial charge in [-0.25, -0.2) is 4.79 Å². The summed E-state index contributed by atoms with van der Waals surface area (Å²) in [4.78, 5) is 33.3. The number of nitrogens with two attached hydrogens (primary N) is 2. The zero-order valence-electron chi connectivity index (χ0n) is 11.7. The van der Waals surface area contributed by atoms with Crippen molar-refractivity contribution in [2.45, 2.75) is 13.0 Å². The van der Waals surface area contributed by atoms with Gasteiger partial charge >= 0.3 is 6.03 Å². The van der Waals surface area contributed by atoms with Gasteiger partial charge in [-0.15, -0.1) is 0 Å². The molecule has 114 valence electrons. The van der Waals surface area contributed by atoms with Gasteiger partial charge in [0.2, 0.25) is 11.8 Å². The number of amides is 4. The molecule has 7 N–H and O–H groups in total. The third-order valence-electron chi connectivity index (χ3n) is 2.69. The van der Waals surface area contributed by atoms with E-state index in [2.05, 4.69) is 16.0 Å². The van der Waals surface area contributed by atoms with Crippen molar-refractivity contribution < 1.29 is 14.4 Å². The number of carbonyl (C=O) groups excluding carboxylic acids is 3. The van der Waals surface area contributed by atoms with E-state index in [0.717, 1.165) is 5.56 Å². The van der Waals surface area contributed by atoms with Crippen LogP contribution >= 0.6 is 0 Å². The van der Waals surface area contributed by atoms with Gasteiger partial charge < -0.3 is 27.4 Å². The average Bonchev–Trinajstić information content (AvgIpc) is 2.44. The monoisotopic (exact) mass is 293 g/mol. The predicted octanol–water partition coefficient (Wildman–Crippen LogP) is -0.571. The molecule has 1 rings (SSSR count). The molecular formula is C13H19N5O3. The third-order valence-corrected chi connectivity index (χ3v) is 2.69. The number of primary amides is 1. The minimum atomic E-state index is -0.639. The highest BCUT2D eigenvalue weighted by molar-refractivity contribution is 5.88. The summed E-state index contributed by atoms with van der Waals surface area (Å²) in [5, 5.41) is 7.55. The smallest absolute Gasteiger partial charge is 0.316 e. The van der Waals surface area contributed by atoms with E-state index in [4.69, 9.17) is 11.5 Å². The van der Waals surface area contributed by atoms with Crippen LogP contribution in [-0.4, -0.2) is 30.9 Å². The Balaban J connectivity index is 2.51. The zero-order chi connectivity index (χ0) is 15.8. The first kappa shape index (κ1) is 16.4. The average molecular weight is 293 g/mol. The van der Waals surface area contributed by atoms with E-state index in [1.807, 2.05) is 0 Å². The summed E-state index contributed by atoms with van der Waals surface area (Å²) < 4.78 is 0. The number of anilines is 1. The molecule has 0 aliphatic carbocycles. The first-order chi connectivity index (χ1) is 9.92. The predicted molar refractivity (Wildman–Crippen MR) is 78.3 cm³/mol. The number of urea groups is 1. The van der Waals surface area contributed by atoms with Crippen molar-refractivity contribution in [2.24, 2.45) is 11.5 Å². The molecular weight excluding hydrogens is 274 g/mol. The Hall–Kier alpha value is -2.61. The van der Waals surface area contributed by atoms with Crippen LogP contribution < -0.4 is 27.4 Å². The van der Waals surface area contributed by atoms with E-state index in [9.17, 15) is 14.4 Å². The molecule has 0 saturated carbocycles. The summed E-state index contributed by atoms with van der Waals surface area (Å²) in [6.07, 6.45) is 0. The number of carbonyl (C=O) groups is 3. The molecule has 21 heavy (non-hydrogen) atoms. The second-order valence-corrected chi connectivity index (χ2v) is 4.38. The Bertz CT molecular complexity index is 515. The van der Waals surface area contributed by atoms with Crippen molar-refractivity contribution in [3.63, 3.8) is 0 Å². The summed E-state index contributed by atoms with van der Waals surface area (Å²) in [5.74, 6) is -0.705. The second-order valence-electron chi connectivity index (χ2n) is 4.38. The van der Waals surface area contributed by atoms with Gasteiger partial charge in [-0.1, -0.05) is 12.1 Å². The lowest BCUT2D eigenvalue weighted by molar-refractivity contribution is -0.125. The summed E-state index contributed by atoms with van der Waals surface area (Å²) >= 11 is 0. The van der Waals surface area contributed by atoms with Gasteiger partial charge in [0.15, 0.2) is 0 Å². The molecule has 1 aromatic rings. The van der Waals surface area contributed by atoms with Gasteiger partial charge in [0.05, 0.1) is 19.1 Å². The summed E-state index contributed by atoms with van der Waals surface area (Å²) in [6.45, 7) is 1.53. The highest BCUT2D eigenvalue weighted by Gasteiger charge is 2.10. The van der Waals surface area contributed by atoms with Gasteiger partial charge in [0.1, 0.15) is 0 Å². The lowest BCUT2D eigenvalue weighted by Crippen LogP contribution is -2.40. The molecule has 0 bridgehead atoms. The fraction of sp³-hybridized carbons (Fsp3) is 0.308. The van der Waals surface area contributed by atoms with E-state index in [1.165, 1.54) is 0 Å². The normalized spacial score (nSPS) is 11.3. The van der Waals surface area contributed by atoms with Crippen LogP contribution in [0.3, 0.4) is 0 Å². The van der Waals surface area contributed by atoms with E-state index in [-0.39, 0.29) is 30.9 Å². The maximum Gasteiger partial charge on any atom is 0.316 e. The quantitative estimate of drug-likeness (QED) is 0.479. The maximum absolute atomic E-state index is 11.6. The molecule has 0 radical (unpaired) electrons. The second kappa shape index (κ2) is 7.85. The molecule has 8 nitrogen and oxygen atoms in total. The fourth-order valence-corrected chi connectivity index (χ4v) is 1.62. The van der Waals surface area contributed by atoms with Crippen LogP contribution in [0.25, 0.3) is 0 Å². The number of hydrogen-bond acceptors (Lipinski definition) is 4. The third kappa shape index (κ3) is 5.91. The van der Waals surface area contributed by atoms with E-state index in [0.29, 0.717) is 5.69 Å². The minimum Gasteiger partial charge on any atom is -0.351 e. The molecule has 4 amide bonds. The SMILES string of the molecule is CC(NC(=O)CNC(=O)CN)c1ccc(NC(N)=O)cc1. The number of nitrogens with one attached hydrogen (secondary N) is 3. The van der Waals surface area contributed by atoms with Crippen LogP contribution in [0.2, 0.25) is 0 Å². The van der Waals surface area contributed by atoms with Crippen molar-refractivity contribution in [3.05, 3.63) is 29.8 Å². The molecule has 0 heterocycles. The van der Waals surface area contributed by atoms with Crippen molar-refractivity contribution in [3.8, 4) is 0 Å². The Morgan fingerprint density at radius 2 is 1.76 bits per heavy atom. The van der Waals surface area contributed by atoms with Crippen LogP contribution in [0.15, 0.2) is 24.3 Å². The van der Waals surface area contributed by atoms with Crippen LogP contribution in [0, 0.1) is 0 Å². The van der Waals surface area contributed by atoms with Crippen molar-refractivity contribution >= 4 is 23.5 Å². The lowest BCUT2D eigenvalue weighted by Gasteiger charge is -2.15. The summed E-state index contributed by atoms with van der Waals surface area (Å²) in [6, 6.07) is 6.00. The Morgan fingerprint density at radius 3 is 2.29 bits per heavy atom. The van der Waals surface area contributed by atoms with Crippen molar-refractivity contribution in [1.29, 1.82) is 0 Å². The van der Waals surface area contributed by atoms with Crippen LogP contribution in [0.5, 0.6) is 0 Å². The van der Waals surface area contributed by atoms with Gasteiger partial charge in [-0.05, 0) is 24.6 Å².